The zero-order valence-electron chi connectivity index (χ0n) is 8.27. The van der Waals surface area contributed by atoms with Crippen LogP contribution in [0.2, 0.25) is 0 Å². The lowest BCUT2D eigenvalue weighted by Crippen LogP contribution is -2.37. The van der Waals surface area contributed by atoms with Gasteiger partial charge >= 0.3 is 0 Å². The first-order chi connectivity index (χ1) is 6.48. The van der Waals surface area contributed by atoms with Crippen LogP contribution in [0.15, 0.2) is 6.20 Å². The summed E-state index contributed by atoms with van der Waals surface area (Å²) in [6.45, 7) is 3.57. The molecule has 1 aliphatic rings. The van der Waals surface area contributed by atoms with Crippen LogP contribution in [0.1, 0.15) is 11.3 Å². The summed E-state index contributed by atoms with van der Waals surface area (Å²) in [5.41, 5.74) is 2.06. The summed E-state index contributed by atoms with van der Waals surface area (Å²) in [5, 5.41) is 4.17. The minimum atomic E-state index is -3.07. The zero-order chi connectivity index (χ0) is 10.3. The molecule has 0 atom stereocenters. The molecule has 2 heterocycles. The highest BCUT2D eigenvalue weighted by Crippen LogP contribution is 2.17. The molecule has 1 aliphatic heterocycles. The number of hydrogen-bond acceptors (Lipinski definition) is 3. The molecule has 14 heavy (non-hydrogen) atoms. The van der Waals surface area contributed by atoms with E-state index in [1.165, 1.54) is 10.6 Å². The normalized spacial score (nSPS) is 18.1. The maximum absolute atomic E-state index is 11.3. The molecule has 0 radical (unpaired) electrons. The Morgan fingerprint density at radius 1 is 1.43 bits per heavy atom. The summed E-state index contributed by atoms with van der Waals surface area (Å²) in [6.07, 6.45) is 3.02. The quantitative estimate of drug-likeness (QED) is 0.661. The lowest BCUT2D eigenvalue weighted by Gasteiger charge is -2.25. The van der Waals surface area contributed by atoms with Crippen LogP contribution in [0.4, 0.5) is 0 Å². The van der Waals surface area contributed by atoms with E-state index in [4.69, 9.17) is 0 Å². The molecule has 0 aromatic carbocycles. The van der Waals surface area contributed by atoms with Crippen molar-refractivity contribution >= 4 is 10.0 Å². The van der Waals surface area contributed by atoms with E-state index in [9.17, 15) is 8.42 Å². The lowest BCUT2D eigenvalue weighted by molar-refractivity contribution is 0.328. The molecule has 1 aromatic heterocycles. The van der Waals surface area contributed by atoms with Gasteiger partial charge in [-0.25, -0.2) is 8.42 Å². The van der Waals surface area contributed by atoms with E-state index in [1.807, 2.05) is 11.6 Å². The molecule has 1 aromatic rings. The van der Waals surface area contributed by atoms with Crippen LogP contribution in [-0.4, -0.2) is 35.3 Å². The van der Waals surface area contributed by atoms with Gasteiger partial charge < -0.3 is 0 Å². The van der Waals surface area contributed by atoms with Gasteiger partial charge in [-0.05, 0) is 12.5 Å². The highest BCUT2D eigenvalue weighted by atomic mass is 32.2. The topological polar surface area (TPSA) is 55.2 Å². The third kappa shape index (κ3) is 1.55. The fourth-order valence-corrected chi connectivity index (χ4v) is 2.41. The SMILES string of the molecule is Cc1cnn2c1CN(S(C)(=O)=O)CC2. The third-order valence-corrected chi connectivity index (χ3v) is 3.76. The standard InChI is InChI=1S/C8H13N3O2S/c1-7-5-9-11-4-3-10(6-8(7)11)14(2,12)13/h5H,3-4,6H2,1-2H3. The average molecular weight is 215 g/mol. The van der Waals surface area contributed by atoms with Crippen LogP contribution in [0.5, 0.6) is 0 Å². The first-order valence-electron chi connectivity index (χ1n) is 4.45. The molecule has 0 N–H and O–H groups in total. The summed E-state index contributed by atoms with van der Waals surface area (Å²) >= 11 is 0. The molecule has 0 unspecified atom stereocenters. The van der Waals surface area contributed by atoms with Gasteiger partial charge in [0.25, 0.3) is 0 Å². The summed E-state index contributed by atoms with van der Waals surface area (Å²) < 4.78 is 26.0. The highest BCUT2D eigenvalue weighted by molar-refractivity contribution is 7.88. The molecule has 0 saturated carbocycles. The fourth-order valence-electron chi connectivity index (χ4n) is 1.64. The predicted octanol–water partition coefficient (Wildman–Crippen LogP) is -0.0333. The molecular formula is C8H13N3O2S. The van der Waals surface area contributed by atoms with Gasteiger partial charge in [0.2, 0.25) is 10.0 Å². The summed E-state index contributed by atoms with van der Waals surface area (Å²) in [6, 6.07) is 0. The van der Waals surface area contributed by atoms with E-state index in [0.29, 0.717) is 19.6 Å². The van der Waals surface area contributed by atoms with Gasteiger partial charge in [-0.15, -0.1) is 0 Å². The molecule has 0 saturated heterocycles. The number of aryl methyl sites for hydroxylation is 1. The lowest BCUT2D eigenvalue weighted by atomic mass is 10.2. The summed E-state index contributed by atoms with van der Waals surface area (Å²) in [7, 11) is -3.07. The van der Waals surface area contributed by atoms with Gasteiger partial charge in [-0.2, -0.15) is 9.40 Å². The molecule has 0 amide bonds. The molecule has 0 fully saturated rings. The van der Waals surface area contributed by atoms with Gasteiger partial charge in [0.05, 0.1) is 31.2 Å². The van der Waals surface area contributed by atoms with E-state index in [1.54, 1.807) is 6.20 Å². The predicted molar refractivity (Wildman–Crippen MR) is 52.2 cm³/mol. The molecule has 5 nitrogen and oxygen atoms in total. The Morgan fingerprint density at radius 2 is 2.14 bits per heavy atom. The van der Waals surface area contributed by atoms with Gasteiger partial charge in [-0.3, -0.25) is 4.68 Å². The summed E-state index contributed by atoms with van der Waals surface area (Å²) in [5.74, 6) is 0. The first-order valence-corrected chi connectivity index (χ1v) is 6.30. The molecule has 0 bridgehead atoms. The number of fused-ring (bicyclic) bond motifs is 1. The van der Waals surface area contributed by atoms with Crippen molar-refractivity contribution in [2.45, 2.75) is 20.0 Å². The second-order valence-electron chi connectivity index (χ2n) is 3.59. The minimum Gasteiger partial charge on any atom is -0.267 e. The van der Waals surface area contributed by atoms with E-state index >= 15 is 0 Å². The maximum atomic E-state index is 11.3. The Kier molecular flexibility index (Phi) is 2.11. The van der Waals surface area contributed by atoms with Crippen molar-refractivity contribution in [3.63, 3.8) is 0 Å². The van der Waals surface area contributed by atoms with E-state index in [-0.39, 0.29) is 0 Å². The summed E-state index contributed by atoms with van der Waals surface area (Å²) in [4.78, 5) is 0. The Morgan fingerprint density at radius 3 is 2.79 bits per heavy atom. The van der Waals surface area contributed by atoms with Crippen molar-refractivity contribution in [3.8, 4) is 0 Å². The fraction of sp³-hybridized carbons (Fsp3) is 0.625. The molecule has 0 aliphatic carbocycles. The molecule has 0 spiro atoms. The van der Waals surface area contributed by atoms with E-state index < -0.39 is 10.0 Å². The van der Waals surface area contributed by atoms with Crippen LogP contribution in [0.25, 0.3) is 0 Å². The Hall–Kier alpha value is -0.880. The Balaban J connectivity index is 2.33. The molecular weight excluding hydrogens is 202 g/mol. The second kappa shape index (κ2) is 3.06. The van der Waals surface area contributed by atoms with Crippen LogP contribution in [0, 0.1) is 6.92 Å². The van der Waals surface area contributed by atoms with Crippen molar-refractivity contribution in [3.05, 3.63) is 17.5 Å². The second-order valence-corrected chi connectivity index (χ2v) is 5.58. The Bertz CT molecular complexity index is 449. The zero-order valence-corrected chi connectivity index (χ0v) is 9.08. The molecule has 6 heteroatoms. The van der Waals surface area contributed by atoms with Crippen molar-refractivity contribution in [1.29, 1.82) is 0 Å². The van der Waals surface area contributed by atoms with Crippen LogP contribution in [-0.2, 0) is 23.1 Å². The number of sulfonamides is 1. The van der Waals surface area contributed by atoms with E-state index in [0.717, 1.165) is 11.3 Å². The minimum absolute atomic E-state index is 0.449. The van der Waals surface area contributed by atoms with Gasteiger partial charge in [-0.1, -0.05) is 0 Å². The number of hydrogen-bond donors (Lipinski definition) is 0. The largest absolute Gasteiger partial charge is 0.267 e. The smallest absolute Gasteiger partial charge is 0.211 e. The average Bonchev–Trinajstić information content (AvgIpc) is 2.46. The van der Waals surface area contributed by atoms with E-state index in [2.05, 4.69) is 5.10 Å². The van der Waals surface area contributed by atoms with Crippen molar-refractivity contribution in [1.82, 2.24) is 14.1 Å². The van der Waals surface area contributed by atoms with Crippen LogP contribution < -0.4 is 0 Å². The van der Waals surface area contributed by atoms with Gasteiger partial charge in [0.15, 0.2) is 0 Å². The van der Waals surface area contributed by atoms with Crippen molar-refractivity contribution in [2.75, 3.05) is 12.8 Å². The van der Waals surface area contributed by atoms with Gasteiger partial charge in [0.1, 0.15) is 0 Å². The Labute approximate surface area is 83.4 Å². The number of nitrogens with zero attached hydrogens (tertiary/aromatic N) is 3. The van der Waals surface area contributed by atoms with Crippen molar-refractivity contribution < 1.29 is 8.42 Å². The maximum Gasteiger partial charge on any atom is 0.211 e. The van der Waals surface area contributed by atoms with Crippen molar-refractivity contribution in [2.24, 2.45) is 0 Å². The monoisotopic (exact) mass is 215 g/mol. The molecule has 2 rings (SSSR count). The highest BCUT2D eigenvalue weighted by Gasteiger charge is 2.24. The number of aromatic nitrogens is 2. The van der Waals surface area contributed by atoms with Gasteiger partial charge in [0, 0.05) is 6.54 Å². The number of rotatable bonds is 1. The first kappa shape index (κ1) is 9.67. The van der Waals surface area contributed by atoms with Crippen LogP contribution >= 0.6 is 0 Å². The molecule has 78 valence electrons. The van der Waals surface area contributed by atoms with Crippen LogP contribution in [0.3, 0.4) is 0 Å². The third-order valence-electron chi connectivity index (χ3n) is 2.51.